The lowest BCUT2D eigenvalue weighted by molar-refractivity contribution is -0.137. The molecular weight excluding hydrogens is 285 g/mol. The number of alkyl halides is 3. The van der Waals surface area contributed by atoms with Gasteiger partial charge >= 0.3 is 6.18 Å². The van der Waals surface area contributed by atoms with Crippen LogP contribution < -0.4 is 11.3 Å². The Morgan fingerprint density at radius 3 is 2.62 bits per heavy atom. The van der Waals surface area contributed by atoms with Gasteiger partial charge < -0.3 is 10.3 Å². The largest absolute Gasteiger partial charge is 0.418 e. The summed E-state index contributed by atoms with van der Waals surface area (Å²) in [6.45, 7) is 2.17. The van der Waals surface area contributed by atoms with E-state index in [0.717, 1.165) is 12.1 Å². The van der Waals surface area contributed by atoms with Crippen molar-refractivity contribution in [2.75, 3.05) is 18.5 Å². The first kappa shape index (κ1) is 16.8. The van der Waals surface area contributed by atoms with Crippen LogP contribution in [0.15, 0.2) is 18.2 Å². The number of carbonyl (C=O) groups excluding carboxylic acids is 1. The number of hydrogen-bond acceptors (Lipinski definition) is 4. The van der Waals surface area contributed by atoms with Crippen LogP contribution in [0.2, 0.25) is 0 Å². The fraction of sp³-hybridized carbons (Fsp3) is 0.385. The monoisotopic (exact) mass is 300 g/mol. The molecule has 0 saturated carbocycles. The third-order valence-corrected chi connectivity index (χ3v) is 2.89. The van der Waals surface area contributed by atoms with Crippen LogP contribution in [0.5, 0.6) is 0 Å². The standard InChI is InChI=1S/C13H15F3N4O/c1-2-20(7-3-6-17)12(21)9-4-5-11(19-18)10(8-9)13(14,15)16/h4-5,8,19H,2-3,7,18H2,1H3. The molecule has 0 aliphatic rings. The summed E-state index contributed by atoms with van der Waals surface area (Å²) in [5.74, 6) is 4.49. The molecule has 8 heteroatoms. The number of rotatable bonds is 5. The van der Waals surface area contributed by atoms with Crippen molar-refractivity contribution in [3.63, 3.8) is 0 Å². The molecule has 0 unspecified atom stereocenters. The number of benzene rings is 1. The van der Waals surface area contributed by atoms with Crippen molar-refractivity contribution in [3.05, 3.63) is 29.3 Å². The number of halogens is 3. The Kier molecular flexibility index (Phi) is 5.55. The van der Waals surface area contributed by atoms with Gasteiger partial charge in [0.15, 0.2) is 0 Å². The average molecular weight is 300 g/mol. The number of nitriles is 1. The smallest absolute Gasteiger partial charge is 0.338 e. The van der Waals surface area contributed by atoms with Gasteiger partial charge in [0.25, 0.3) is 5.91 Å². The second-order valence-electron chi connectivity index (χ2n) is 4.20. The number of nitrogens with two attached hydrogens (primary N) is 1. The minimum Gasteiger partial charge on any atom is -0.338 e. The molecule has 1 aromatic rings. The third kappa shape index (κ3) is 4.10. The van der Waals surface area contributed by atoms with Crippen LogP contribution in [-0.2, 0) is 6.18 Å². The van der Waals surface area contributed by atoms with E-state index in [1.54, 1.807) is 6.92 Å². The lowest BCUT2D eigenvalue weighted by atomic mass is 10.1. The topological polar surface area (TPSA) is 82.2 Å². The van der Waals surface area contributed by atoms with Gasteiger partial charge in [0.05, 0.1) is 23.7 Å². The Labute approximate surface area is 120 Å². The SMILES string of the molecule is CCN(CCC#N)C(=O)c1ccc(NN)c(C(F)(F)F)c1. The molecule has 21 heavy (non-hydrogen) atoms. The molecule has 114 valence electrons. The highest BCUT2D eigenvalue weighted by Gasteiger charge is 2.34. The second kappa shape index (κ2) is 6.95. The van der Waals surface area contributed by atoms with Gasteiger partial charge in [0.2, 0.25) is 0 Å². The predicted molar refractivity (Wildman–Crippen MR) is 71.1 cm³/mol. The van der Waals surface area contributed by atoms with Crippen molar-refractivity contribution in [3.8, 4) is 6.07 Å². The lowest BCUT2D eigenvalue weighted by Crippen LogP contribution is -2.32. The van der Waals surface area contributed by atoms with Gasteiger partial charge in [0, 0.05) is 18.7 Å². The van der Waals surface area contributed by atoms with Crippen LogP contribution in [0.1, 0.15) is 29.3 Å². The van der Waals surface area contributed by atoms with Crippen molar-refractivity contribution in [2.24, 2.45) is 5.84 Å². The number of hydrazine groups is 1. The summed E-state index contributed by atoms with van der Waals surface area (Å²) in [7, 11) is 0. The maximum Gasteiger partial charge on any atom is 0.418 e. The molecule has 5 nitrogen and oxygen atoms in total. The number of hydrogen-bond donors (Lipinski definition) is 2. The van der Waals surface area contributed by atoms with Crippen molar-refractivity contribution in [2.45, 2.75) is 19.5 Å². The quantitative estimate of drug-likeness (QED) is 0.646. The first-order valence-electron chi connectivity index (χ1n) is 6.19. The Morgan fingerprint density at radius 1 is 1.48 bits per heavy atom. The van der Waals surface area contributed by atoms with E-state index in [-0.39, 0.29) is 24.2 Å². The summed E-state index contributed by atoms with van der Waals surface area (Å²) in [6, 6.07) is 5.02. The molecule has 0 aliphatic carbocycles. The maximum atomic E-state index is 12.9. The number of anilines is 1. The van der Waals surface area contributed by atoms with Crippen molar-refractivity contribution < 1.29 is 18.0 Å². The van der Waals surface area contributed by atoms with E-state index in [1.165, 1.54) is 11.0 Å². The van der Waals surface area contributed by atoms with Crippen molar-refractivity contribution in [1.29, 1.82) is 5.26 Å². The van der Waals surface area contributed by atoms with Crippen LogP contribution in [0, 0.1) is 11.3 Å². The predicted octanol–water partition coefficient (Wildman–Crippen LogP) is 2.37. The molecule has 0 saturated heterocycles. The summed E-state index contributed by atoms with van der Waals surface area (Å²) in [5, 5.41) is 8.52. The van der Waals surface area contributed by atoms with Crippen LogP contribution >= 0.6 is 0 Å². The van der Waals surface area contributed by atoms with Crippen molar-refractivity contribution >= 4 is 11.6 Å². The van der Waals surface area contributed by atoms with E-state index in [2.05, 4.69) is 0 Å². The molecule has 0 aliphatic heterocycles. The molecule has 0 spiro atoms. The molecular formula is C13H15F3N4O. The van der Waals surface area contributed by atoms with E-state index in [4.69, 9.17) is 11.1 Å². The lowest BCUT2D eigenvalue weighted by Gasteiger charge is -2.21. The minimum atomic E-state index is -4.62. The Hall–Kier alpha value is -2.27. The van der Waals surface area contributed by atoms with Crippen LogP contribution in [-0.4, -0.2) is 23.9 Å². The van der Waals surface area contributed by atoms with Gasteiger partial charge in [0.1, 0.15) is 0 Å². The second-order valence-corrected chi connectivity index (χ2v) is 4.20. The zero-order chi connectivity index (χ0) is 16.0. The zero-order valence-electron chi connectivity index (χ0n) is 11.4. The molecule has 0 atom stereocenters. The first-order valence-corrected chi connectivity index (χ1v) is 6.19. The van der Waals surface area contributed by atoms with Gasteiger partial charge in [-0.15, -0.1) is 0 Å². The Morgan fingerprint density at radius 2 is 2.14 bits per heavy atom. The molecule has 0 radical (unpaired) electrons. The van der Waals surface area contributed by atoms with Crippen LogP contribution in [0.25, 0.3) is 0 Å². The number of nitrogens with one attached hydrogen (secondary N) is 1. The average Bonchev–Trinajstić information content (AvgIpc) is 2.46. The number of amides is 1. The summed E-state index contributed by atoms with van der Waals surface area (Å²) < 4.78 is 38.7. The molecule has 1 rings (SSSR count). The van der Waals surface area contributed by atoms with Crippen LogP contribution in [0.3, 0.4) is 0 Å². The van der Waals surface area contributed by atoms with E-state index in [1.807, 2.05) is 11.5 Å². The molecule has 0 heterocycles. The first-order chi connectivity index (χ1) is 9.85. The summed E-state index contributed by atoms with van der Waals surface area (Å²) in [6.07, 6.45) is -4.50. The minimum absolute atomic E-state index is 0.0962. The Balaban J connectivity index is 3.14. The van der Waals surface area contributed by atoms with Gasteiger partial charge in [-0.1, -0.05) is 0 Å². The zero-order valence-corrected chi connectivity index (χ0v) is 11.4. The maximum absolute atomic E-state index is 12.9. The van der Waals surface area contributed by atoms with Gasteiger partial charge in [-0.3, -0.25) is 10.6 Å². The number of carbonyl (C=O) groups is 1. The highest BCUT2D eigenvalue weighted by Crippen LogP contribution is 2.35. The summed E-state index contributed by atoms with van der Waals surface area (Å²) in [5.41, 5.74) is 0.548. The molecule has 0 bridgehead atoms. The normalized spacial score (nSPS) is 10.9. The molecule has 0 fully saturated rings. The molecule has 1 amide bonds. The van der Waals surface area contributed by atoms with E-state index in [9.17, 15) is 18.0 Å². The molecule has 0 aromatic heterocycles. The third-order valence-electron chi connectivity index (χ3n) is 2.89. The summed E-state index contributed by atoms with van der Waals surface area (Å²) in [4.78, 5) is 13.5. The Bertz CT molecular complexity index is 551. The van der Waals surface area contributed by atoms with E-state index < -0.39 is 17.6 Å². The molecule has 1 aromatic carbocycles. The van der Waals surface area contributed by atoms with E-state index >= 15 is 0 Å². The highest BCUT2D eigenvalue weighted by molar-refractivity contribution is 5.95. The van der Waals surface area contributed by atoms with Gasteiger partial charge in [-0.2, -0.15) is 18.4 Å². The van der Waals surface area contributed by atoms with E-state index in [0.29, 0.717) is 6.54 Å². The summed E-state index contributed by atoms with van der Waals surface area (Å²) >= 11 is 0. The van der Waals surface area contributed by atoms with Gasteiger partial charge in [-0.05, 0) is 25.1 Å². The van der Waals surface area contributed by atoms with Gasteiger partial charge in [-0.25, -0.2) is 0 Å². The fourth-order valence-electron chi connectivity index (χ4n) is 1.81. The fourth-order valence-corrected chi connectivity index (χ4v) is 1.81. The molecule has 3 N–H and O–H groups in total. The number of nitrogens with zero attached hydrogens (tertiary/aromatic N) is 2. The van der Waals surface area contributed by atoms with Crippen LogP contribution in [0.4, 0.5) is 18.9 Å². The van der Waals surface area contributed by atoms with Crippen molar-refractivity contribution in [1.82, 2.24) is 4.90 Å². The number of nitrogen functional groups attached to an aromatic ring is 1. The highest BCUT2D eigenvalue weighted by atomic mass is 19.4.